The molecule has 0 saturated carbocycles. The van der Waals surface area contributed by atoms with E-state index in [0.29, 0.717) is 19.5 Å². The van der Waals surface area contributed by atoms with E-state index in [1.54, 1.807) is 0 Å². The molecule has 0 amide bonds. The number of methoxy groups -OCH3 is 1. The first-order valence-corrected chi connectivity index (χ1v) is 8.16. The van der Waals surface area contributed by atoms with Gasteiger partial charge in [-0.2, -0.15) is 17.4 Å². The second-order valence-corrected chi connectivity index (χ2v) is 6.99. The summed E-state index contributed by atoms with van der Waals surface area (Å²) in [5.74, 6) is -0.331. The van der Waals surface area contributed by atoms with E-state index in [-0.39, 0.29) is 5.92 Å². The van der Waals surface area contributed by atoms with Crippen LogP contribution in [0.5, 0.6) is 0 Å². The Balaban J connectivity index is 2.73. The van der Waals surface area contributed by atoms with Crippen LogP contribution in [-0.4, -0.2) is 44.9 Å². The van der Waals surface area contributed by atoms with E-state index >= 15 is 0 Å². The van der Waals surface area contributed by atoms with E-state index in [1.165, 1.54) is 11.4 Å². The minimum Gasteiger partial charge on any atom is -0.468 e. The van der Waals surface area contributed by atoms with Gasteiger partial charge in [0.15, 0.2) is 0 Å². The number of hydrogen-bond donors (Lipinski definition) is 1. The summed E-state index contributed by atoms with van der Waals surface area (Å²) in [6.07, 6.45) is 3.22. The molecule has 1 saturated heterocycles. The highest BCUT2D eigenvalue weighted by Gasteiger charge is 2.30. The molecule has 19 heavy (non-hydrogen) atoms. The molecule has 0 aromatic rings. The van der Waals surface area contributed by atoms with Crippen molar-refractivity contribution in [1.29, 1.82) is 0 Å². The third-order valence-electron chi connectivity index (χ3n) is 3.14. The summed E-state index contributed by atoms with van der Waals surface area (Å²) < 4.78 is 33.0. The fraction of sp³-hybridized carbons (Fsp3) is 0.917. The summed E-state index contributed by atoms with van der Waals surface area (Å²) >= 11 is 0. The van der Waals surface area contributed by atoms with Crippen molar-refractivity contribution in [3.63, 3.8) is 0 Å². The maximum Gasteiger partial charge on any atom is 0.323 e. The number of nitrogens with one attached hydrogen (secondary N) is 1. The molecule has 1 aliphatic heterocycles. The molecular weight excluding hydrogens is 268 g/mol. The van der Waals surface area contributed by atoms with Crippen molar-refractivity contribution in [1.82, 2.24) is 9.03 Å². The minimum atomic E-state index is -3.60. The van der Waals surface area contributed by atoms with Crippen molar-refractivity contribution >= 4 is 16.2 Å². The zero-order valence-corrected chi connectivity index (χ0v) is 12.7. The number of ether oxygens (including phenoxy) is 1. The molecule has 1 N–H and O–H groups in total. The average Bonchev–Trinajstić information content (AvgIpc) is 2.37. The Morgan fingerprint density at radius 1 is 1.26 bits per heavy atom. The smallest absolute Gasteiger partial charge is 0.323 e. The van der Waals surface area contributed by atoms with Gasteiger partial charge < -0.3 is 4.74 Å². The maximum absolute atomic E-state index is 12.2. The van der Waals surface area contributed by atoms with Gasteiger partial charge in [-0.05, 0) is 25.2 Å². The van der Waals surface area contributed by atoms with Crippen LogP contribution in [0.25, 0.3) is 0 Å². The topological polar surface area (TPSA) is 75.7 Å². The highest BCUT2D eigenvalue weighted by molar-refractivity contribution is 7.87. The van der Waals surface area contributed by atoms with Crippen molar-refractivity contribution in [2.75, 3.05) is 20.2 Å². The van der Waals surface area contributed by atoms with Crippen molar-refractivity contribution < 1.29 is 17.9 Å². The number of carbonyl (C=O) groups is 1. The van der Waals surface area contributed by atoms with Crippen LogP contribution in [0.15, 0.2) is 0 Å². The molecular formula is C12H24N2O4S. The van der Waals surface area contributed by atoms with Gasteiger partial charge in [-0.1, -0.05) is 20.3 Å². The molecule has 0 radical (unpaired) electrons. The van der Waals surface area contributed by atoms with Crippen LogP contribution < -0.4 is 4.72 Å². The van der Waals surface area contributed by atoms with E-state index in [9.17, 15) is 13.2 Å². The second-order valence-electron chi connectivity index (χ2n) is 5.29. The monoisotopic (exact) mass is 292 g/mol. The van der Waals surface area contributed by atoms with E-state index < -0.39 is 22.2 Å². The van der Waals surface area contributed by atoms with Crippen LogP contribution in [0.2, 0.25) is 0 Å². The highest BCUT2D eigenvalue weighted by atomic mass is 32.2. The van der Waals surface area contributed by atoms with E-state index in [4.69, 9.17) is 0 Å². The van der Waals surface area contributed by atoms with Gasteiger partial charge in [0.25, 0.3) is 10.2 Å². The number of carbonyl (C=O) groups excluding carboxylic acids is 1. The number of esters is 1. The summed E-state index contributed by atoms with van der Waals surface area (Å²) in [5, 5.41) is 0. The Bertz CT molecular complexity index is 389. The molecule has 1 unspecified atom stereocenters. The molecule has 1 heterocycles. The van der Waals surface area contributed by atoms with Gasteiger partial charge in [0.1, 0.15) is 6.04 Å². The number of nitrogens with zero attached hydrogens (tertiary/aromatic N) is 1. The van der Waals surface area contributed by atoms with Crippen molar-refractivity contribution in [2.24, 2.45) is 5.92 Å². The summed E-state index contributed by atoms with van der Waals surface area (Å²) in [7, 11) is -2.33. The zero-order valence-electron chi connectivity index (χ0n) is 11.9. The highest BCUT2D eigenvalue weighted by Crippen LogP contribution is 2.14. The molecule has 0 aliphatic carbocycles. The molecule has 1 atom stereocenters. The predicted molar refractivity (Wildman–Crippen MR) is 72.7 cm³/mol. The molecule has 1 aliphatic rings. The van der Waals surface area contributed by atoms with Gasteiger partial charge in [-0.3, -0.25) is 4.79 Å². The Morgan fingerprint density at radius 2 is 1.84 bits per heavy atom. The first-order valence-electron chi connectivity index (χ1n) is 6.72. The van der Waals surface area contributed by atoms with Gasteiger partial charge in [0.05, 0.1) is 7.11 Å². The standard InChI is InChI=1S/C12H24N2O4S/c1-10(2)9-11(12(15)18-3)13-19(16,17)14-7-5-4-6-8-14/h10-11,13H,4-9H2,1-3H3. The average molecular weight is 292 g/mol. The largest absolute Gasteiger partial charge is 0.468 e. The summed E-state index contributed by atoms with van der Waals surface area (Å²) in [4.78, 5) is 11.6. The van der Waals surface area contributed by atoms with Crippen LogP contribution in [0, 0.1) is 5.92 Å². The van der Waals surface area contributed by atoms with Crippen molar-refractivity contribution in [3.05, 3.63) is 0 Å². The Kier molecular flexibility index (Phi) is 6.22. The SMILES string of the molecule is COC(=O)C(CC(C)C)NS(=O)(=O)N1CCCCC1. The first-order chi connectivity index (χ1) is 8.86. The molecule has 0 aromatic carbocycles. The first kappa shape index (κ1) is 16.4. The van der Waals surface area contributed by atoms with Gasteiger partial charge in [0.2, 0.25) is 0 Å². The van der Waals surface area contributed by atoms with Gasteiger partial charge >= 0.3 is 5.97 Å². The van der Waals surface area contributed by atoms with Crippen LogP contribution in [0.1, 0.15) is 39.5 Å². The van der Waals surface area contributed by atoms with E-state index in [2.05, 4.69) is 9.46 Å². The molecule has 7 heteroatoms. The predicted octanol–water partition coefficient (Wildman–Crippen LogP) is 0.894. The summed E-state index contributed by atoms with van der Waals surface area (Å²) in [5.41, 5.74) is 0. The Labute approximate surface area is 115 Å². The Hall–Kier alpha value is -0.660. The van der Waals surface area contributed by atoms with Crippen molar-refractivity contribution in [3.8, 4) is 0 Å². The number of piperidine rings is 1. The summed E-state index contributed by atoms with van der Waals surface area (Å²) in [6, 6.07) is -0.808. The molecule has 1 fully saturated rings. The van der Waals surface area contributed by atoms with Crippen LogP contribution in [-0.2, 0) is 19.7 Å². The quantitative estimate of drug-likeness (QED) is 0.738. The molecule has 0 aromatic heterocycles. The molecule has 0 bridgehead atoms. The van der Waals surface area contributed by atoms with Gasteiger partial charge in [-0.15, -0.1) is 0 Å². The molecule has 1 rings (SSSR count). The van der Waals surface area contributed by atoms with Gasteiger partial charge in [-0.25, -0.2) is 0 Å². The van der Waals surface area contributed by atoms with E-state index in [0.717, 1.165) is 19.3 Å². The number of rotatable bonds is 6. The molecule has 6 nitrogen and oxygen atoms in total. The second kappa shape index (κ2) is 7.21. The molecule has 0 spiro atoms. The fourth-order valence-corrected chi connectivity index (χ4v) is 3.61. The fourth-order valence-electron chi connectivity index (χ4n) is 2.17. The van der Waals surface area contributed by atoms with Crippen molar-refractivity contribution in [2.45, 2.75) is 45.6 Å². The van der Waals surface area contributed by atoms with Crippen LogP contribution in [0.3, 0.4) is 0 Å². The zero-order chi connectivity index (χ0) is 14.5. The number of hydrogen-bond acceptors (Lipinski definition) is 4. The summed E-state index contributed by atoms with van der Waals surface area (Å²) in [6.45, 7) is 4.91. The Morgan fingerprint density at radius 3 is 2.32 bits per heavy atom. The molecule has 112 valence electrons. The van der Waals surface area contributed by atoms with Crippen LogP contribution >= 0.6 is 0 Å². The normalized spacial score (nSPS) is 19.4. The lowest BCUT2D eigenvalue weighted by molar-refractivity contribution is -0.143. The lowest BCUT2D eigenvalue weighted by Crippen LogP contribution is -2.50. The van der Waals surface area contributed by atoms with Crippen LogP contribution in [0.4, 0.5) is 0 Å². The third kappa shape index (κ3) is 5.08. The lowest BCUT2D eigenvalue weighted by atomic mass is 10.1. The maximum atomic E-state index is 12.2. The third-order valence-corrected chi connectivity index (χ3v) is 4.77. The van der Waals surface area contributed by atoms with E-state index in [1.807, 2.05) is 13.8 Å². The van der Waals surface area contributed by atoms with Gasteiger partial charge in [0, 0.05) is 13.1 Å². The minimum absolute atomic E-state index is 0.202. The lowest BCUT2D eigenvalue weighted by Gasteiger charge is -2.28.